The van der Waals surface area contributed by atoms with Crippen molar-refractivity contribution in [1.29, 1.82) is 0 Å². The Morgan fingerprint density at radius 3 is 2.57 bits per heavy atom. The van der Waals surface area contributed by atoms with E-state index in [9.17, 15) is 9.59 Å². The summed E-state index contributed by atoms with van der Waals surface area (Å²) in [6.45, 7) is 5.40. The van der Waals surface area contributed by atoms with Crippen LogP contribution in [0.1, 0.15) is 32.7 Å². The number of carbonyl (C=O) groups is 1. The number of rotatable bonds is 6. The third-order valence-electron chi connectivity index (χ3n) is 6.41. The van der Waals surface area contributed by atoms with Gasteiger partial charge in [-0.15, -0.1) is 0 Å². The van der Waals surface area contributed by atoms with Crippen LogP contribution in [0.25, 0.3) is 21.9 Å². The molecule has 0 radical (unpaired) electrons. The minimum absolute atomic E-state index is 0.0222. The van der Waals surface area contributed by atoms with Crippen LogP contribution in [-0.4, -0.2) is 17.0 Å². The molecule has 35 heavy (non-hydrogen) atoms. The number of aryl methyl sites for hydroxylation is 1. The Labute approximate surface area is 211 Å². The van der Waals surface area contributed by atoms with Crippen LogP contribution in [0.2, 0.25) is 0 Å². The van der Waals surface area contributed by atoms with Crippen LogP contribution >= 0.6 is 15.9 Å². The highest BCUT2D eigenvalue weighted by atomic mass is 79.9. The first-order chi connectivity index (χ1) is 16.9. The molecular weight excluding hydrogens is 504 g/mol. The van der Waals surface area contributed by atoms with Gasteiger partial charge in [0.25, 0.3) is 5.91 Å². The average molecular weight is 529 g/mol. The molecule has 0 fully saturated rings. The largest absolute Gasteiger partial charge is 0.422 e. The zero-order valence-corrected chi connectivity index (χ0v) is 21.2. The van der Waals surface area contributed by atoms with Gasteiger partial charge in [0, 0.05) is 39.5 Å². The lowest BCUT2D eigenvalue weighted by atomic mass is 10.1. The molecule has 0 saturated carbocycles. The molecule has 5 rings (SSSR count). The maximum Gasteiger partial charge on any atom is 0.349 e. The third-order valence-corrected chi connectivity index (χ3v) is 6.94. The van der Waals surface area contributed by atoms with Crippen molar-refractivity contribution in [2.75, 3.05) is 6.54 Å². The van der Waals surface area contributed by atoms with Crippen LogP contribution in [0.15, 0.2) is 86.5 Å². The van der Waals surface area contributed by atoms with Crippen molar-refractivity contribution >= 4 is 43.7 Å². The van der Waals surface area contributed by atoms with E-state index in [0.717, 1.165) is 16.4 Å². The van der Waals surface area contributed by atoms with Crippen molar-refractivity contribution in [2.24, 2.45) is 0 Å². The van der Waals surface area contributed by atoms with E-state index in [0.29, 0.717) is 18.5 Å². The highest BCUT2D eigenvalue weighted by molar-refractivity contribution is 9.10. The molecule has 0 spiro atoms. The van der Waals surface area contributed by atoms with Gasteiger partial charge >= 0.3 is 5.63 Å². The lowest BCUT2D eigenvalue weighted by Crippen LogP contribution is -2.30. The van der Waals surface area contributed by atoms with Gasteiger partial charge in [0.1, 0.15) is 11.1 Å². The average Bonchev–Trinajstić information content (AvgIpc) is 3.10. The molecule has 0 aliphatic rings. The molecule has 1 amide bonds. The number of fused-ring (bicyclic) bond motifs is 2. The SMILES string of the molecule is Cc1ccc2c(c1)c(CCNC(=O)c1cc3ccccc3oc1=O)c(C)n2Cc1ccc(Br)cc1. The number of benzene rings is 3. The Morgan fingerprint density at radius 2 is 1.77 bits per heavy atom. The molecule has 0 bridgehead atoms. The standard InChI is InChI=1S/C29H25BrN2O3/c1-18-7-12-26-24(15-18)23(19(2)32(26)17-20-8-10-22(30)11-9-20)13-14-31-28(33)25-16-21-5-3-4-6-27(21)35-29(25)34/h3-12,15-16H,13-14,17H2,1-2H3,(H,31,33). The Hall–Kier alpha value is -3.64. The molecule has 2 aromatic heterocycles. The van der Waals surface area contributed by atoms with Gasteiger partial charge in [-0.1, -0.05) is 57.9 Å². The van der Waals surface area contributed by atoms with E-state index in [-0.39, 0.29) is 5.56 Å². The van der Waals surface area contributed by atoms with Crippen molar-refractivity contribution in [3.05, 3.63) is 116 Å². The zero-order chi connectivity index (χ0) is 24.5. The van der Waals surface area contributed by atoms with Gasteiger partial charge in [-0.3, -0.25) is 4.79 Å². The highest BCUT2D eigenvalue weighted by Crippen LogP contribution is 2.28. The van der Waals surface area contributed by atoms with E-state index in [1.165, 1.54) is 33.3 Å². The van der Waals surface area contributed by atoms with Crippen LogP contribution in [0.5, 0.6) is 0 Å². The predicted octanol–water partition coefficient (Wildman–Crippen LogP) is 6.15. The Balaban J connectivity index is 1.39. The number of nitrogens with zero attached hydrogens (tertiary/aromatic N) is 1. The monoisotopic (exact) mass is 528 g/mol. The maximum absolute atomic E-state index is 12.8. The van der Waals surface area contributed by atoms with E-state index in [2.05, 4.69) is 82.1 Å². The Bertz CT molecular complexity index is 1610. The number of hydrogen-bond acceptors (Lipinski definition) is 3. The van der Waals surface area contributed by atoms with Gasteiger partial charge < -0.3 is 14.3 Å². The number of halogens is 1. The smallest absolute Gasteiger partial charge is 0.349 e. The van der Waals surface area contributed by atoms with E-state index in [4.69, 9.17) is 4.42 Å². The van der Waals surface area contributed by atoms with Crippen LogP contribution in [0, 0.1) is 13.8 Å². The molecule has 1 N–H and O–H groups in total. The highest BCUT2D eigenvalue weighted by Gasteiger charge is 2.17. The molecule has 0 aliphatic carbocycles. The van der Waals surface area contributed by atoms with Crippen molar-refractivity contribution in [1.82, 2.24) is 9.88 Å². The summed E-state index contributed by atoms with van der Waals surface area (Å²) < 4.78 is 8.70. The van der Waals surface area contributed by atoms with Crippen molar-refractivity contribution in [2.45, 2.75) is 26.8 Å². The minimum Gasteiger partial charge on any atom is -0.422 e. The van der Waals surface area contributed by atoms with E-state index in [1.807, 2.05) is 12.1 Å². The normalized spacial score (nSPS) is 11.3. The molecule has 0 unspecified atom stereocenters. The summed E-state index contributed by atoms with van der Waals surface area (Å²) in [5.74, 6) is -0.420. The zero-order valence-electron chi connectivity index (χ0n) is 19.6. The van der Waals surface area contributed by atoms with Crippen LogP contribution in [0.4, 0.5) is 0 Å². The fourth-order valence-electron chi connectivity index (χ4n) is 4.57. The number of amides is 1. The number of nitrogens with one attached hydrogen (secondary N) is 1. The number of aromatic nitrogens is 1. The van der Waals surface area contributed by atoms with E-state index in [1.54, 1.807) is 18.2 Å². The molecule has 6 heteroatoms. The predicted molar refractivity (Wildman–Crippen MR) is 143 cm³/mol. The number of hydrogen-bond donors (Lipinski definition) is 1. The Kier molecular flexibility index (Phi) is 6.31. The van der Waals surface area contributed by atoms with Crippen molar-refractivity contribution in [3.63, 3.8) is 0 Å². The second-order valence-electron chi connectivity index (χ2n) is 8.79. The quantitative estimate of drug-likeness (QED) is 0.269. The van der Waals surface area contributed by atoms with Gasteiger partial charge in [-0.25, -0.2) is 4.79 Å². The molecular formula is C29H25BrN2O3. The molecule has 0 saturated heterocycles. The summed E-state index contributed by atoms with van der Waals surface area (Å²) in [4.78, 5) is 25.1. The first-order valence-corrected chi connectivity index (χ1v) is 12.3. The van der Waals surface area contributed by atoms with Gasteiger partial charge in [0.15, 0.2) is 0 Å². The molecule has 0 atom stereocenters. The van der Waals surface area contributed by atoms with Crippen LogP contribution < -0.4 is 10.9 Å². The van der Waals surface area contributed by atoms with Gasteiger partial charge in [-0.05, 0) is 67.8 Å². The first-order valence-electron chi connectivity index (χ1n) is 11.5. The fourth-order valence-corrected chi connectivity index (χ4v) is 4.84. The lowest BCUT2D eigenvalue weighted by Gasteiger charge is -2.10. The summed E-state index contributed by atoms with van der Waals surface area (Å²) in [7, 11) is 0. The summed E-state index contributed by atoms with van der Waals surface area (Å²) in [5.41, 5.74) is 5.83. The lowest BCUT2D eigenvalue weighted by molar-refractivity contribution is 0.0950. The second kappa shape index (κ2) is 9.55. The fraction of sp³-hybridized carbons (Fsp3) is 0.172. The molecule has 3 aromatic carbocycles. The van der Waals surface area contributed by atoms with Gasteiger partial charge in [0.2, 0.25) is 0 Å². The number of para-hydroxylation sites is 1. The summed E-state index contributed by atoms with van der Waals surface area (Å²) >= 11 is 3.50. The van der Waals surface area contributed by atoms with E-state index < -0.39 is 11.5 Å². The van der Waals surface area contributed by atoms with Gasteiger partial charge in [-0.2, -0.15) is 0 Å². The van der Waals surface area contributed by atoms with Crippen molar-refractivity contribution < 1.29 is 9.21 Å². The Morgan fingerprint density at radius 1 is 1.00 bits per heavy atom. The third kappa shape index (κ3) is 4.66. The topological polar surface area (TPSA) is 64.2 Å². The molecule has 0 aliphatic heterocycles. The second-order valence-corrected chi connectivity index (χ2v) is 9.70. The van der Waals surface area contributed by atoms with Crippen LogP contribution in [-0.2, 0) is 13.0 Å². The summed E-state index contributed by atoms with van der Waals surface area (Å²) in [5, 5.41) is 4.83. The first kappa shape index (κ1) is 23.1. The van der Waals surface area contributed by atoms with Crippen LogP contribution in [0.3, 0.4) is 0 Å². The molecule has 176 valence electrons. The van der Waals surface area contributed by atoms with Crippen molar-refractivity contribution in [3.8, 4) is 0 Å². The maximum atomic E-state index is 12.8. The molecule has 2 heterocycles. The number of carbonyl (C=O) groups excluding carboxylic acids is 1. The van der Waals surface area contributed by atoms with E-state index >= 15 is 0 Å². The van der Waals surface area contributed by atoms with Gasteiger partial charge in [0.05, 0.1) is 0 Å². The molecule has 5 aromatic rings. The molecule has 5 nitrogen and oxygen atoms in total. The minimum atomic E-state index is -0.626. The summed E-state index contributed by atoms with van der Waals surface area (Å²) in [6, 6.07) is 23.6. The summed E-state index contributed by atoms with van der Waals surface area (Å²) in [6.07, 6.45) is 0.657.